The fraction of sp³-hybridized carbons (Fsp3) is 0.133. The highest BCUT2D eigenvalue weighted by Crippen LogP contribution is 2.22. The van der Waals surface area contributed by atoms with Gasteiger partial charge in [-0.15, -0.1) is 0 Å². The van der Waals surface area contributed by atoms with Crippen molar-refractivity contribution < 1.29 is 9.53 Å². The lowest BCUT2D eigenvalue weighted by Gasteiger charge is -2.09. The molecule has 0 fully saturated rings. The minimum Gasteiger partial charge on any atom is -0.397 e. The Morgan fingerprint density at radius 3 is 2.43 bits per heavy atom. The summed E-state index contributed by atoms with van der Waals surface area (Å²) in [5, 5.41) is 3.84. The number of halogens is 2. The molecule has 4 nitrogen and oxygen atoms in total. The van der Waals surface area contributed by atoms with Crippen LogP contribution in [0.25, 0.3) is 0 Å². The van der Waals surface area contributed by atoms with Gasteiger partial charge in [-0.2, -0.15) is 0 Å². The number of hydrogen-bond donors (Lipinski definition) is 2. The van der Waals surface area contributed by atoms with Gasteiger partial charge in [0, 0.05) is 10.0 Å². The molecule has 110 valence electrons. The van der Waals surface area contributed by atoms with Gasteiger partial charge in [-0.25, -0.2) is 0 Å². The smallest absolute Gasteiger partial charge is 0.250 e. The number of rotatable bonds is 5. The highest BCUT2D eigenvalue weighted by Gasteiger charge is 2.06. The van der Waals surface area contributed by atoms with Crippen LogP contribution in [0.15, 0.2) is 42.5 Å². The van der Waals surface area contributed by atoms with Gasteiger partial charge in [0.2, 0.25) is 5.91 Å². The van der Waals surface area contributed by atoms with Crippen LogP contribution in [-0.4, -0.2) is 12.5 Å². The summed E-state index contributed by atoms with van der Waals surface area (Å²) < 4.78 is 5.34. The van der Waals surface area contributed by atoms with Crippen molar-refractivity contribution in [1.82, 2.24) is 0 Å². The van der Waals surface area contributed by atoms with E-state index in [4.69, 9.17) is 33.7 Å². The minimum absolute atomic E-state index is 0.0648. The molecular formula is C15H14Cl2N2O2. The monoisotopic (exact) mass is 324 g/mol. The first-order chi connectivity index (χ1) is 10.0. The van der Waals surface area contributed by atoms with Gasteiger partial charge in [0.25, 0.3) is 0 Å². The third-order valence-electron chi connectivity index (χ3n) is 2.70. The third-order valence-corrected chi connectivity index (χ3v) is 3.19. The van der Waals surface area contributed by atoms with Crippen LogP contribution in [-0.2, 0) is 16.1 Å². The summed E-state index contributed by atoms with van der Waals surface area (Å²) in [6.07, 6.45) is 0. The zero-order chi connectivity index (χ0) is 15.2. The Bertz CT molecular complexity index is 630. The Balaban J connectivity index is 1.81. The van der Waals surface area contributed by atoms with E-state index in [1.54, 1.807) is 30.3 Å². The Kier molecular flexibility index (Phi) is 5.44. The van der Waals surface area contributed by atoms with Crippen LogP contribution < -0.4 is 11.1 Å². The quantitative estimate of drug-likeness (QED) is 0.823. The summed E-state index contributed by atoms with van der Waals surface area (Å²) in [5.41, 5.74) is 7.62. The van der Waals surface area contributed by atoms with Crippen molar-refractivity contribution >= 4 is 40.5 Å². The number of nitrogens with two attached hydrogens (primary N) is 1. The van der Waals surface area contributed by atoms with E-state index in [-0.39, 0.29) is 12.5 Å². The van der Waals surface area contributed by atoms with Gasteiger partial charge in [0.05, 0.1) is 18.0 Å². The molecule has 2 rings (SSSR count). The van der Waals surface area contributed by atoms with E-state index in [0.717, 1.165) is 5.56 Å². The molecular weight excluding hydrogens is 311 g/mol. The van der Waals surface area contributed by atoms with Crippen molar-refractivity contribution in [3.8, 4) is 0 Å². The molecule has 0 aliphatic rings. The lowest BCUT2D eigenvalue weighted by atomic mass is 10.2. The topological polar surface area (TPSA) is 64.3 Å². The number of nitrogen functional groups attached to an aromatic ring is 1. The third kappa shape index (κ3) is 4.93. The normalized spacial score (nSPS) is 10.4. The molecule has 0 spiro atoms. The van der Waals surface area contributed by atoms with E-state index < -0.39 is 0 Å². The Morgan fingerprint density at radius 2 is 1.76 bits per heavy atom. The summed E-state index contributed by atoms with van der Waals surface area (Å²) in [7, 11) is 0. The van der Waals surface area contributed by atoms with E-state index in [1.165, 1.54) is 0 Å². The molecule has 21 heavy (non-hydrogen) atoms. The summed E-state index contributed by atoms with van der Waals surface area (Å²) >= 11 is 11.6. The molecule has 0 aliphatic carbocycles. The summed E-state index contributed by atoms with van der Waals surface area (Å²) in [6.45, 7) is 0.269. The lowest BCUT2D eigenvalue weighted by molar-refractivity contribution is -0.121. The predicted octanol–water partition coefficient (Wildman–Crippen LogP) is 3.73. The number of anilines is 2. The molecule has 0 radical (unpaired) electrons. The molecule has 3 N–H and O–H groups in total. The van der Waals surface area contributed by atoms with Crippen molar-refractivity contribution in [3.05, 3.63) is 58.1 Å². The van der Waals surface area contributed by atoms with Gasteiger partial charge >= 0.3 is 0 Å². The van der Waals surface area contributed by atoms with Crippen molar-refractivity contribution in [1.29, 1.82) is 0 Å². The number of ether oxygens (including phenoxy) is 1. The maximum atomic E-state index is 11.7. The van der Waals surface area contributed by atoms with Gasteiger partial charge < -0.3 is 15.8 Å². The maximum absolute atomic E-state index is 11.7. The van der Waals surface area contributed by atoms with E-state index in [0.29, 0.717) is 28.0 Å². The Morgan fingerprint density at radius 1 is 1.10 bits per heavy atom. The summed E-state index contributed by atoms with van der Waals surface area (Å²) in [5.74, 6) is -0.280. The standard InChI is InChI=1S/C15H14Cl2N2O2/c16-11-3-1-10(2-4-11)8-21-9-15(20)19-14-6-5-12(17)7-13(14)18/h1-7H,8-9,18H2,(H,19,20). The maximum Gasteiger partial charge on any atom is 0.250 e. The SMILES string of the molecule is Nc1cc(Cl)ccc1NC(=O)COCc1ccc(Cl)cc1. The minimum atomic E-state index is -0.280. The Hall–Kier alpha value is -1.75. The lowest BCUT2D eigenvalue weighted by Crippen LogP contribution is -2.19. The molecule has 1 amide bonds. The summed E-state index contributed by atoms with van der Waals surface area (Å²) in [6, 6.07) is 12.1. The fourth-order valence-corrected chi connectivity index (χ4v) is 1.98. The molecule has 6 heteroatoms. The van der Waals surface area contributed by atoms with Gasteiger partial charge in [0.1, 0.15) is 6.61 Å². The zero-order valence-electron chi connectivity index (χ0n) is 11.1. The van der Waals surface area contributed by atoms with Crippen molar-refractivity contribution in [2.45, 2.75) is 6.61 Å². The largest absolute Gasteiger partial charge is 0.397 e. The van der Waals surface area contributed by atoms with Crippen LogP contribution >= 0.6 is 23.2 Å². The molecule has 0 aliphatic heterocycles. The van der Waals surface area contributed by atoms with E-state index in [9.17, 15) is 4.79 Å². The first-order valence-electron chi connectivity index (χ1n) is 6.21. The molecule has 0 saturated heterocycles. The first-order valence-corrected chi connectivity index (χ1v) is 6.97. The van der Waals surface area contributed by atoms with Crippen LogP contribution in [0.4, 0.5) is 11.4 Å². The van der Waals surface area contributed by atoms with E-state index in [2.05, 4.69) is 5.32 Å². The van der Waals surface area contributed by atoms with Crippen LogP contribution in [0.1, 0.15) is 5.56 Å². The first kappa shape index (κ1) is 15.6. The number of benzene rings is 2. The second-order valence-corrected chi connectivity index (χ2v) is 5.27. The summed E-state index contributed by atoms with van der Waals surface area (Å²) in [4.78, 5) is 11.7. The number of hydrogen-bond acceptors (Lipinski definition) is 3. The molecule has 2 aromatic carbocycles. The fourth-order valence-electron chi connectivity index (χ4n) is 1.68. The van der Waals surface area contributed by atoms with Crippen LogP contribution in [0.5, 0.6) is 0 Å². The molecule has 0 aromatic heterocycles. The molecule has 2 aromatic rings. The van der Waals surface area contributed by atoms with E-state index >= 15 is 0 Å². The van der Waals surface area contributed by atoms with Crippen molar-refractivity contribution in [2.24, 2.45) is 0 Å². The highest BCUT2D eigenvalue weighted by molar-refractivity contribution is 6.31. The highest BCUT2D eigenvalue weighted by atomic mass is 35.5. The molecule has 0 bridgehead atoms. The van der Waals surface area contributed by atoms with Gasteiger partial charge in [-0.05, 0) is 35.9 Å². The molecule has 0 unspecified atom stereocenters. The number of amides is 1. The molecule has 0 heterocycles. The van der Waals surface area contributed by atoms with Crippen molar-refractivity contribution in [2.75, 3.05) is 17.7 Å². The number of carbonyl (C=O) groups is 1. The van der Waals surface area contributed by atoms with Gasteiger partial charge in [-0.1, -0.05) is 35.3 Å². The molecule has 0 saturated carbocycles. The predicted molar refractivity (Wildman–Crippen MR) is 85.6 cm³/mol. The Labute approximate surface area is 132 Å². The van der Waals surface area contributed by atoms with Crippen LogP contribution in [0.2, 0.25) is 10.0 Å². The average molecular weight is 325 g/mol. The van der Waals surface area contributed by atoms with Crippen molar-refractivity contribution in [3.63, 3.8) is 0 Å². The number of nitrogens with one attached hydrogen (secondary N) is 1. The zero-order valence-corrected chi connectivity index (χ0v) is 12.6. The van der Waals surface area contributed by atoms with Gasteiger partial charge in [0.15, 0.2) is 0 Å². The van der Waals surface area contributed by atoms with Crippen LogP contribution in [0.3, 0.4) is 0 Å². The van der Waals surface area contributed by atoms with Crippen LogP contribution in [0, 0.1) is 0 Å². The van der Waals surface area contributed by atoms with E-state index in [1.807, 2.05) is 12.1 Å². The van der Waals surface area contributed by atoms with Gasteiger partial charge in [-0.3, -0.25) is 4.79 Å². The average Bonchev–Trinajstić information content (AvgIpc) is 2.44. The molecule has 0 atom stereocenters. The number of carbonyl (C=O) groups excluding carboxylic acids is 1. The second-order valence-electron chi connectivity index (χ2n) is 4.40. The second kappa shape index (κ2) is 7.31.